The van der Waals surface area contributed by atoms with Gasteiger partial charge in [-0.05, 0) is 50.4 Å². The molecule has 2 rings (SSSR count). The molecule has 0 unspecified atom stereocenters. The standard InChI is InChI=1S/C15H24N2O/c1-11-7-12(2)14(18-4)13(8-11)17(3)10-15(9-16)5-6-15/h7-8H,5-6,9-10,16H2,1-4H3. The molecule has 3 nitrogen and oxygen atoms in total. The van der Waals surface area contributed by atoms with Crippen molar-refractivity contribution in [1.29, 1.82) is 0 Å². The van der Waals surface area contributed by atoms with Crippen molar-refractivity contribution in [1.82, 2.24) is 0 Å². The third-order valence-electron chi connectivity index (χ3n) is 3.98. The molecule has 0 bridgehead atoms. The summed E-state index contributed by atoms with van der Waals surface area (Å²) in [5.41, 5.74) is 9.85. The van der Waals surface area contributed by atoms with E-state index in [2.05, 4.69) is 37.9 Å². The zero-order chi connectivity index (χ0) is 13.3. The molecular weight excluding hydrogens is 224 g/mol. The summed E-state index contributed by atoms with van der Waals surface area (Å²) in [6.45, 7) is 6.02. The molecule has 1 fully saturated rings. The Morgan fingerprint density at radius 2 is 2.00 bits per heavy atom. The van der Waals surface area contributed by atoms with E-state index < -0.39 is 0 Å². The van der Waals surface area contributed by atoms with Crippen LogP contribution in [0.25, 0.3) is 0 Å². The monoisotopic (exact) mass is 248 g/mol. The number of anilines is 1. The first-order valence-corrected chi connectivity index (χ1v) is 6.58. The van der Waals surface area contributed by atoms with E-state index in [0.717, 1.165) is 18.8 Å². The summed E-state index contributed by atoms with van der Waals surface area (Å²) in [7, 11) is 3.87. The second-order valence-corrected chi connectivity index (χ2v) is 5.69. The van der Waals surface area contributed by atoms with Gasteiger partial charge in [0.2, 0.25) is 0 Å². The third kappa shape index (κ3) is 2.46. The van der Waals surface area contributed by atoms with Crippen molar-refractivity contribution in [2.75, 3.05) is 32.1 Å². The summed E-state index contributed by atoms with van der Waals surface area (Å²) in [6.07, 6.45) is 2.50. The van der Waals surface area contributed by atoms with Crippen molar-refractivity contribution in [2.45, 2.75) is 26.7 Å². The lowest BCUT2D eigenvalue weighted by molar-refractivity contribution is 0.410. The normalized spacial score (nSPS) is 16.5. The molecule has 0 heterocycles. The van der Waals surface area contributed by atoms with Crippen LogP contribution >= 0.6 is 0 Å². The molecule has 100 valence electrons. The molecule has 1 aromatic carbocycles. The largest absolute Gasteiger partial charge is 0.494 e. The van der Waals surface area contributed by atoms with Crippen LogP contribution in [0.2, 0.25) is 0 Å². The van der Waals surface area contributed by atoms with E-state index in [1.807, 2.05) is 0 Å². The van der Waals surface area contributed by atoms with Gasteiger partial charge in [-0.25, -0.2) is 0 Å². The minimum absolute atomic E-state index is 0.345. The van der Waals surface area contributed by atoms with Gasteiger partial charge in [-0.3, -0.25) is 0 Å². The Labute approximate surface area is 110 Å². The van der Waals surface area contributed by atoms with Crippen LogP contribution in [0.1, 0.15) is 24.0 Å². The maximum atomic E-state index is 5.87. The first kappa shape index (κ1) is 13.2. The summed E-state index contributed by atoms with van der Waals surface area (Å²) in [6, 6.07) is 4.35. The number of benzene rings is 1. The number of nitrogens with two attached hydrogens (primary N) is 1. The van der Waals surface area contributed by atoms with E-state index in [9.17, 15) is 0 Å². The SMILES string of the molecule is COc1c(C)cc(C)cc1N(C)CC1(CN)CC1. The smallest absolute Gasteiger partial charge is 0.145 e. The van der Waals surface area contributed by atoms with Crippen LogP contribution in [0.15, 0.2) is 12.1 Å². The van der Waals surface area contributed by atoms with Crippen molar-refractivity contribution in [3.8, 4) is 5.75 Å². The highest BCUT2D eigenvalue weighted by molar-refractivity contribution is 5.63. The van der Waals surface area contributed by atoms with Crippen LogP contribution in [0.4, 0.5) is 5.69 Å². The number of hydrogen-bond acceptors (Lipinski definition) is 3. The average Bonchev–Trinajstić information content (AvgIpc) is 3.08. The topological polar surface area (TPSA) is 38.5 Å². The van der Waals surface area contributed by atoms with Crippen molar-refractivity contribution in [2.24, 2.45) is 11.1 Å². The molecule has 0 amide bonds. The van der Waals surface area contributed by atoms with Gasteiger partial charge in [0, 0.05) is 19.0 Å². The quantitative estimate of drug-likeness (QED) is 0.870. The molecule has 1 aromatic rings. The van der Waals surface area contributed by atoms with E-state index in [0.29, 0.717) is 5.41 Å². The first-order chi connectivity index (χ1) is 8.51. The van der Waals surface area contributed by atoms with Crippen LogP contribution in [-0.2, 0) is 0 Å². The summed E-state index contributed by atoms with van der Waals surface area (Å²) < 4.78 is 5.55. The summed E-state index contributed by atoms with van der Waals surface area (Å²) in [4.78, 5) is 2.29. The first-order valence-electron chi connectivity index (χ1n) is 6.58. The van der Waals surface area contributed by atoms with Crippen LogP contribution in [0, 0.1) is 19.3 Å². The minimum Gasteiger partial charge on any atom is -0.494 e. The number of rotatable bonds is 5. The van der Waals surface area contributed by atoms with Crippen LogP contribution in [0.5, 0.6) is 5.75 Å². The van der Waals surface area contributed by atoms with Crippen LogP contribution in [-0.4, -0.2) is 27.2 Å². The Morgan fingerprint density at radius 1 is 1.33 bits per heavy atom. The van der Waals surface area contributed by atoms with E-state index in [4.69, 9.17) is 10.5 Å². The molecule has 1 aliphatic rings. The highest BCUT2D eigenvalue weighted by atomic mass is 16.5. The fraction of sp³-hybridized carbons (Fsp3) is 0.600. The summed E-state index contributed by atoms with van der Waals surface area (Å²) in [5.74, 6) is 0.982. The van der Waals surface area contributed by atoms with E-state index in [1.54, 1.807) is 7.11 Å². The number of hydrogen-bond donors (Lipinski definition) is 1. The molecular formula is C15H24N2O. The maximum absolute atomic E-state index is 5.87. The van der Waals surface area contributed by atoms with E-state index in [-0.39, 0.29) is 0 Å². The van der Waals surface area contributed by atoms with Gasteiger partial charge in [0.05, 0.1) is 12.8 Å². The Kier molecular flexibility index (Phi) is 3.53. The van der Waals surface area contributed by atoms with Crippen LogP contribution < -0.4 is 15.4 Å². The predicted molar refractivity (Wildman–Crippen MR) is 76.5 cm³/mol. The fourth-order valence-electron chi connectivity index (χ4n) is 2.67. The van der Waals surface area contributed by atoms with Gasteiger partial charge in [0.15, 0.2) is 0 Å². The van der Waals surface area contributed by atoms with Gasteiger partial charge in [0.25, 0.3) is 0 Å². The van der Waals surface area contributed by atoms with Crippen molar-refractivity contribution in [3.05, 3.63) is 23.3 Å². The second kappa shape index (κ2) is 4.81. The van der Waals surface area contributed by atoms with Gasteiger partial charge in [-0.15, -0.1) is 0 Å². The van der Waals surface area contributed by atoms with Gasteiger partial charge >= 0.3 is 0 Å². The zero-order valence-corrected chi connectivity index (χ0v) is 11.9. The lowest BCUT2D eigenvalue weighted by Gasteiger charge is -2.27. The Hall–Kier alpha value is -1.22. The number of methoxy groups -OCH3 is 1. The Balaban J connectivity index is 2.26. The highest BCUT2D eigenvalue weighted by Crippen LogP contribution is 2.46. The molecule has 0 atom stereocenters. The lowest BCUT2D eigenvalue weighted by Crippen LogP contribution is -2.31. The third-order valence-corrected chi connectivity index (χ3v) is 3.98. The van der Waals surface area contributed by atoms with Gasteiger partial charge in [-0.1, -0.05) is 6.07 Å². The summed E-state index contributed by atoms with van der Waals surface area (Å²) >= 11 is 0. The molecule has 1 saturated carbocycles. The predicted octanol–water partition coefficient (Wildman–Crippen LogP) is 2.49. The van der Waals surface area contributed by atoms with Crippen molar-refractivity contribution >= 4 is 5.69 Å². The van der Waals surface area contributed by atoms with E-state index >= 15 is 0 Å². The average molecular weight is 248 g/mol. The fourth-order valence-corrected chi connectivity index (χ4v) is 2.67. The molecule has 0 saturated heterocycles. The second-order valence-electron chi connectivity index (χ2n) is 5.69. The van der Waals surface area contributed by atoms with Gasteiger partial charge in [0.1, 0.15) is 5.75 Å². The van der Waals surface area contributed by atoms with Crippen LogP contribution in [0.3, 0.4) is 0 Å². The molecule has 3 heteroatoms. The van der Waals surface area contributed by atoms with Crippen molar-refractivity contribution < 1.29 is 4.74 Å². The van der Waals surface area contributed by atoms with E-state index in [1.165, 1.54) is 29.7 Å². The Morgan fingerprint density at radius 3 is 2.50 bits per heavy atom. The summed E-state index contributed by atoms with van der Waals surface area (Å²) in [5, 5.41) is 0. The van der Waals surface area contributed by atoms with Gasteiger partial charge < -0.3 is 15.4 Å². The maximum Gasteiger partial charge on any atom is 0.145 e. The lowest BCUT2D eigenvalue weighted by atomic mass is 10.1. The van der Waals surface area contributed by atoms with Gasteiger partial charge in [-0.2, -0.15) is 0 Å². The molecule has 0 radical (unpaired) electrons. The highest BCUT2D eigenvalue weighted by Gasteiger charge is 2.42. The number of ether oxygens (including phenoxy) is 1. The van der Waals surface area contributed by atoms with Crippen molar-refractivity contribution in [3.63, 3.8) is 0 Å². The zero-order valence-electron chi connectivity index (χ0n) is 11.9. The molecule has 2 N–H and O–H groups in total. The molecule has 18 heavy (non-hydrogen) atoms. The molecule has 0 aromatic heterocycles. The number of nitrogens with zero attached hydrogens (tertiary/aromatic N) is 1. The molecule has 0 aliphatic heterocycles. The Bertz CT molecular complexity index is 438. The molecule has 1 aliphatic carbocycles. The minimum atomic E-state index is 0.345. The molecule has 0 spiro atoms. The number of aryl methyl sites for hydroxylation is 2.